The van der Waals surface area contributed by atoms with Crippen molar-refractivity contribution in [2.24, 2.45) is 5.73 Å². The number of anilines is 1. The van der Waals surface area contributed by atoms with E-state index < -0.39 is 12.0 Å². The Morgan fingerprint density at radius 1 is 1.23 bits per heavy atom. The van der Waals surface area contributed by atoms with Crippen molar-refractivity contribution in [3.63, 3.8) is 0 Å². The molecule has 4 heterocycles. The first-order valence-corrected chi connectivity index (χ1v) is 8.72. The minimum absolute atomic E-state index is 0.153. The minimum atomic E-state index is -0.674. The van der Waals surface area contributed by atoms with Crippen molar-refractivity contribution in [3.05, 3.63) is 12.7 Å². The molecule has 4 rings (SSSR count). The van der Waals surface area contributed by atoms with Crippen LogP contribution in [0.4, 0.5) is 5.82 Å². The van der Waals surface area contributed by atoms with Crippen molar-refractivity contribution >= 4 is 17.0 Å². The summed E-state index contributed by atoms with van der Waals surface area (Å²) in [5.41, 5.74) is 12.7. The number of likely N-dealkylation sites (N-methyl/N-ethyl adjacent to an activating group) is 1. The third kappa shape index (κ3) is 2.93. The van der Waals surface area contributed by atoms with E-state index in [0.717, 1.165) is 6.54 Å². The van der Waals surface area contributed by atoms with Gasteiger partial charge in [-0.3, -0.25) is 4.57 Å². The van der Waals surface area contributed by atoms with Gasteiger partial charge in [0.25, 0.3) is 0 Å². The van der Waals surface area contributed by atoms with Crippen molar-refractivity contribution in [2.75, 3.05) is 32.4 Å². The van der Waals surface area contributed by atoms with E-state index >= 15 is 0 Å². The summed E-state index contributed by atoms with van der Waals surface area (Å²) < 4.78 is 20.4. The van der Waals surface area contributed by atoms with Crippen LogP contribution in [0.25, 0.3) is 11.2 Å². The van der Waals surface area contributed by atoms with Crippen molar-refractivity contribution in [1.29, 1.82) is 0 Å². The van der Waals surface area contributed by atoms with Crippen LogP contribution in [0.3, 0.4) is 0 Å². The third-order valence-corrected chi connectivity index (χ3v) is 4.79. The first-order valence-electron chi connectivity index (χ1n) is 8.72. The second-order valence-corrected chi connectivity index (χ2v) is 7.26. The maximum absolute atomic E-state index is 6.32. The van der Waals surface area contributed by atoms with Crippen molar-refractivity contribution < 1.29 is 14.2 Å². The molecule has 0 radical (unpaired) electrons. The smallest absolute Gasteiger partial charge is 0.167 e. The Morgan fingerprint density at radius 3 is 2.77 bits per heavy atom. The number of fused-ring (bicyclic) bond motifs is 2. The third-order valence-electron chi connectivity index (χ3n) is 4.79. The molecule has 2 saturated heterocycles. The Morgan fingerprint density at radius 2 is 2.00 bits per heavy atom. The Bertz CT molecular complexity index is 795. The molecule has 142 valence electrons. The second-order valence-electron chi connectivity index (χ2n) is 7.26. The fourth-order valence-electron chi connectivity index (χ4n) is 3.71. The van der Waals surface area contributed by atoms with Crippen LogP contribution in [-0.2, 0) is 14.2 Å². The zero-order valence-electron chi connectivity index (χ0n) is 15.2. The zero-order valence-corrected chi connectivity index (χ0v) is 15.2. The summed E-state index contributed by atoms with van der Waals surface area (Å²) >= 11 is 0. The van der Waals surface area contributed by atoms with Gasteiger partial charge in [-0.05, 0) is 20.9 Å². The van der Waals surface area contributed by atoms with Crippen LogP contribution < -0.4 is 11.5 Å². The van der Waals surface area contributed by atoms with E-state index in [1.165, 1.54) is 6.33 Å². The number of rotatable bonds is 5. The molecule has 4 N–H and O–H groups in total. The van der Waals surface area contributed by atoms with Gasteiger partial charge in [-0.15, -0.1) is 0 Å². The van der Waals surface area contributed by atoms with Crippen LogP contribution >= 0.6 is 0 Å². The minimum Gasteiger partial charge on any atom is -0.382 e. The van der Waals surface area contributed by atoms with E-state index in [-0.39, 0.29) is 18.3 Å². The molecule has 10 heteroatoms. The molecule has 2 aliphatic rings. The molecule has 0 saturated carbocycles. The summed E-state index contributed by atoms with van der Waals surface area (Å²) in [7, 11) is 2.01. The van der Waals surface area contributed by atoms with Gasteiger partial charge in [0.15, 0.2) is 23.5 Å². The Labute approximate surface area is 151 Å². The van der Waals surface area contributed by atoms with Crippen LogP contribution in [0.15, 0.2) is 12.7 Å². The molecule has 0 aromatic carbocycles. The highest BCUT2D eigenvalue weighted by atomic mass is 16.8. The van der Waals surface area contributed by atoms with E-state index in [4.69, 9.17) is 25.7 Å². The SMILES string of the molecule is CN(CCN)CC1OC(n2cnc3c(N)ncnc32)C2OC(C)(C)OC12. The summed E-state index contributed by atoms with van der Waals surface area (Å²) in [6.45, 7) is 5.89. The van der Waals surface area contributed by atoms with E-state index in [9.17, 15) is 0 Å². The average molecular weight is 363 g/mol. The lowest BCUT2D eigenvalue weighted by atomic mass is 10.1. The first-order chi connectivity index (χ1) is 12.4. The number of imidazole rings is 1. The summed E-state index contributed by atoms with van der Waals surface area (Å²) in [6.07, 6.45) is 2.07. The number of nitrogen functional groups attached to an aromatic ring is 1. The molecule has 10 nitrogen and oxygen atoms in total. The lowest BCUT2D eigenvalue weighted by Crippen LogP contribution is -2.40. The number of hydrogen-bond acceptors (Lipinski definition) is 9. The molecule has 2 fully saturated rings. The highest BCUT2D eigenvalue weighted by molar-refractivity contribution is 5.81. The predicted molar refractivity (Wildman–Crippen MR) is 94.0 cm³/mol. The number of aromatic nitrogens is 4. The van der Waals surface area contributed by atoms with E-state index in [0.29, 0.717) is 30.1 Å². The van der Waals surface area contributed by atoms with Gasteiger partial charge in [0.2, 0.25) is 0 Å². The Hall–Kier alpha value is -1.85. The van der Waals surface area contributed by atoms with Crippen LogP contribution in [0.2, 0.25) is 0 Å². The molecule has 0 amide bonds. The van der Waals surface area contributed by atoms with Gasteiger partial charge in [-0.25, -0.2) is 15.0 Å². The molecule has 0 bridgehead atoms. The topological polar surface area (TPSA) is 127 Å². The van der Waals surface area contributed by atoms with E-state index in [1.807, 2.05) is 25.5 Å². The predicted octanol–water partition coefficient (Wildman–Crippen LogP) is -0.283. The number of nitrogens with two attached hydrogens (primary N) is 2. The molecule has 0 aliphatic carbocycles. The van der Waals surface area contributed by atoms with E-state index in [2.05, 4.69) is 19.9 Å². The molecule has 26 heavy (non-hydrogen) atoms. The largest absolute Gasteiger partial charge is 0.382 e. The first kappa shape index (κ1) is 17.6. The molecule has 2 aromatic rings. The van der Waals surface area contributed by atoms with Crippen molar-refractivity contribution in [2.45, 2.75) is 44.2 Å². The van der Waals surface area contributed by atoms with Gasteiger partial charge in [0, 0.05) is 19.6 Å². The molecule has 4 atom stereocenters. The van der Waals surface area contributed by atoms with E-state index in [1.54, 1.807) is 6.33 Å². The Kier molecular flexibility index (Phi) is 4.32. The molecule has 2 aromatic heterocycles. The van der Waals surface area contributed by atoms with Crippen LogP contribution in [0, 0.1) is 0 Å². The number of nitrogens with zero attached hydrogens (tertiary/aromatic N) is 5. The molecular weight excluding hydrogens is 338 g/mol. The van der Waals surface area contributed by atoms with Crippen LogP contribution in [0.1, 0.15) is 20.1 Å². The van der Waals surface area contributed by atoms with Gasteiger partial charge >= 0.3 is 0 Å². The standard InChI is InChI=1S/C16H25N7O3/c1-16(2)25-11-9(6-22(3)5-4-17)24-15(12(11)26-16)23-8-21-10-13(18)19-7-20-14(10)23/h7-9,11-12,15H,4-6,17H2,1-3H3,(H2,18,19,20). The fraction of sp³-hybridized carbons (Fsp3) is 0.688. The van der Waals surface area contributed by atoms with Gasteiger partial charge < -0.3 is 30.6 Å². The summed E-state index contributed by atoms with van der Waals surface area (Å²) in [6, 6.07) is 0. The summed E-state index contributed by atoms with van der Waals surface area (Å²) in [4.78, 5) is 14.8. The summed E-state index contributed by atoms with van der Waals surface area (Å²) in [5.74, 6) is -0.335. The highest BCUT2D eigenvalue weighted by Gasteiger charge is 2.56. The zero-order chi connectivity index (χ0) is 18.5. The maximum Gasteiger partial charge on any atom is 0.167 e. The number of hydrogen-bond donors (Lipinski definition) is 2. The quantitative estimate of drug-likeness (QED) is 0.737. The van der Waals surface area contributed by atoms with Gasteiger partial charge in [0.1, 0.15) is 30.2 Å². The maximum atomic E-state index is 6.32. The molecular formula is C16H25N7O3. The lowest BCUT2D eigenvalue weighted by Gasteiger charge is -2.26. The Balaban J connectivity index is 1.66. The van der Waals surface area contributed by atoms with Crippen LogP contribution in [0.5, 0.6) is 0 Å². The monoisotopic (exact) mass is 363 g/mol. The van der Waals surface area contributed by atoms with Crippen molar-refractivity contribution in [3.8, 4) is 0 Å². The van der Waals surface area contributed by atoms with Gasteiger partial charge in [-0.2, -0.15) is 0 Å². The number of ether oxygens (including phenoxy) is 3. The van der Waals surface area contributed by atoms with Gasteiger partial charge in [-0.1, -0.05) is 0 Å². The molecule has 0 spiro atoms. The molecule has 2 aliphatic heterocycles. The summed E-state index contributed by atoms with van der Waals surface area (Å²) in [5, 5.41) is 0. The van der Waals surface area contributed by atoms with Crippen LogP contribution in [-0.4, -0.2) is 75.2 Å². The van der Waals surface area contributed by atoms with Crippen molar-refractivity contribution in [1.82, 2.24) is 24.4 Å². The fourth-order valence-corrected chi connectivity index (χ4v) is 3.71. The second kappa shape index (κ2) is 6.39. The normalized spacial score (nSPS) is 30.3. The molecule has 4 unspecified atom stereocenters. The lowest BCUT2D eigenvalue weighted by molar-refractivity contribution is -0.197. The van der Waals surface area contributed by atoms with Gasteiger partial charge in [0.05, 0.1) is 6.33 Å². The highest BCUT2D eigenvalue weighted by Crippen LogP contribution is 2.43. The average Bonchev–Trinajstić information content (AvgIpc) is 3.21.